The van der Waals surface area contributed by atoms with Gasteiger partial charge in [-0.3, -0.25) is 4.98 Å². The van der Waals surface area contributed by atoms with Gasteiger partial charge in [0, 0.05) is 27.4 Å². The summed E-state index contributed by atoms with van der Waals surface area (Å²) < 4.78 is 7.91. The van der Waals surface area contributed by atoms with Crippen molar-refractivity contribution in [2.45, 2.75) is 6.92 Å². The Labute approximate surface area is 133 Å². The third-order valence-electron chi connectivity index (χ3n) is 2.86. The highest BCUT2D eigenvalue weighted by atomic mass is 79.9. The Morgan fingerprint density at radius 1 is 0.950 bits per heavy atom. The van der Waals surface area contributed by atoms with Gasteiger partial charge in [0.05, 0.1) is 5.52 Å². The van der Waals surface area contributed by atoms with Crippen LogP contribution in [0, 0.1) is 6.92 Å². The van der Waals surface area contributed by atoms with E-state index in [1.165, 1.54) is 0 Å². The first-order chi connectivity index (χ1) is 9.63. The van der Waals surface area contributed by atoms with Gasteiger partial charge in [-0.1, -0.05) is 15.9 Å². The van der Waals surface area contributed by atoms with Crippen LogP contribution in [-0.2, 0) is 0 Å². The van der Waals surface area contributed by atoms with Crippen LogP contribution < -0.4 is 4.74 Å². The molecule has 0 unspecified atom stereocenters. The molecule has 0 bridgehead atoms. The third-order valence-corrected chi connectivity index (χ3v) is 3.79. The maximum atomic E-state index is 5.98. The summed E-state index contributed by atoms with van der Waals surface area (Å²) in [5.74, 6) is 1.51. The lowest BCUT2D eigenvalue weighted by molar-refractivity contribution is 0.483. The van der Waals surface area contributed by atoms with Crippen LogP contribution in [0.15, 0.2) is 51.7 Å². The van der Waals surface area contributed by atoms with E-state index < -0.39 is 0 Å². The van der Waals surface area contributed by atoms with Gasteiger partial charge in [0.15, 0.2) is 5.75 Å². The topological polar surface area (TPSA) is 35.0 Å². The maximum absolute atomic E-state index is 5.98. The molecule has 20 heavy (non-hydrogen) atoms. The molecule has 0 aliphatic heterocycles. The Kier molecular flexibility index (Phi) is 3.72. The molecule has 3 rings (SSSR count). The van der Waals surface area contributed by atoms with Crippen molar-refractivity contribution in [3.8, 4) is 11.5 Å². The van der Waals surface area contributed by atoms with Crippen molar-refractivity contribution < 1.29 is 4.74 Å². The fourth-order valence-corrected chi connectivity index (χ4v) is 2.70. The fraction of sp³-hybridized carbons (Fsp3) is 0.0667. The largest absolute Gasteiger partial charge is 0.455 e. The minimum absolute atomic E-state index is 0.702. The van der Waals surface area contributed by atoms with Gasteiger partial charge in [-0.25, -0.2) is 4.98 Å². The number of fused-ring (bicyclic) bond motifs is 1. The van der Waals surface area contributed by atoms with E-state index in [1.54, 1.807) is 12.4 Å². The van der Waals surface area contributed by atoms with Crippen LogP contribution in [0.3, 0.4) is 0 Å². The summed E-state index contributed by atoms with van der Waals surface area (Å²) >= 11 is 6.84. The summed E-state index contributed by atoms with van der Waals surface area (Å²) in [7, 11) is 0. The van der Waals surface area contributed by atoms with Crippen LogP contribution in [0.25, 0.3) is 11.0 Å². The lowest BCUT2D eigenvalue weighted by Gasteiger charge is -2.10. The number of benzene rings is 1. The maximum Gasteiger partial charge on any atom is 0.156 e. The Morgan fingerprint density at radius 3 is 2.60 bits per heavy atom. The molecule has 0 atom stereocenters. The Balaban J connectivity index is 2.06. The number of hydrogen-bond acceptors (Lipinski definition) is 3. The van der Waals surface area contributed by atoms with Gasteiger partial charge in [-0.2, -0.15) is 0 Å². The van der Waals surface area contributed by atoms with E-state index in [4.69, 9.17) is 4.74 Å². The molecule has 0 aliphatic carbocycles. The van der Waals surface area contributed by atoms with Gasteiger partial charge < -0.3 is 4.74 Å². The number of pyridine rings is 2. The molecule has 100 valence electrons. The molecule has 0 saturated heterocycles. The fourth-order valence-electron chi connectivity index (χ4n) is 1.91. The molecule has 0 radical (unpaired) electrons. The van der Waals surface area contributed by atoms with Crippen LogP contribution in [-0.4, -0.2) is 9.97 Å². The second kappa shape index (κ2) is 5.50. The van der Waals surface area contributed by atoms with Gasteiger partial charge in [0.2, 0.25) is 0 Å². The number of hydrogen-bond donors (Lipinski definition) is 0. The molecular formula is C15H10Br2N2O. The Bertz CT molecular complexity index is 790. The van der Waals surface area contributed by atoms with Gasteiger partial charge in [-0.15, -0.1) is 0 Å². The normalized spacial score (nSPS) is 10.8. The van der Waals surface area contributed by atoms with Gasteiger partial charge in [0.25, 0.3) is 0 Å². The van der Waals surface area contributed by atoms with Gasteiger partial charge >= 0.3 is 0 Å². The molecule has 3 nitrogen and oxygen atoms in total. The van der Waals surface area contributed by atoms with Crippen molar-refractivity contribution in [1.82, 2.24) is 9.97 Å². The summed E-state index contributed by atoms with van der Waals surface area (Å²) in [6.45, 7) is 2.01. The second-order valence-electron chi connectivity index (χ2n) is 4.34. The summed E-state index contributed by atoms with van der Waals surface area (Å²) in [5, 5.41) is 0. The predicted octanol–water partition coefficient (Wildman–Crippen LogP) is 5.26. The van der Waals surface area contributed by atoms with Crippen LogP contribution >= 0.6 is 31.9 Å². The van der Waals surface area contributed by atoms with Crippen LogP contribution in [0.1, 0.15) is 5.56 Å². The van der Waals surface area contributed by atoms with Crippen molar-refractivity contribution in [2.75, 3.05) is 0 Å². The number of ether oxygens (including phenoxy) is 1. The lowest BCUT2D eigenvalue weighted by atomic mass is 10.2. The summed E-state index contributed by atoms with van der Waals surface area (Å²) in [6, 6.07) is 9.65. The van der Waals surface area contributed by atoms with Crippen molar-refractivity contribution in [3.63, 3.8) is 0 Å². The van der Waals surface area contributed by atoms with E-state index in [0.717, 1.165) is 31.3 Å². The van der Waals surface area contributed by atoms with Crippen LogP contribution in [0.2, 0.25) is 0 Å². The minimum atomic E-state index is 0.702. The van der Waals surface area contributed by atoms with Gasteiger partial charge in [-0.05, 0) is 52.7 Å². The summed E-state index contributed by atoms with van der Waals surface area (Å²) in [5.41, 5.74) is 2.60. The average molecular weight is 394 g/mol. The molecule has 0 N–H and O–H groups in total. The number of rotatable bonds is 2. The first-order valence-electron chi connectivity index (χ1n) is 5.98. The van der Waals surface area contributed by atoms with E-state index in [2.05, 4.69) is 41.8 Å². The standard InChI is InChI=1S/C15H10Br2N2O/c1-9-6-10(16)2-3-13(9)20-14-4-5-18-12-7-11(17)8-19-15(12)14/h2-8H,1H3. The van der Waals surface area contributed by atoms with Crippen molar-refractivity contribution in [1.29, 1.82) is 0 Å². The van der Waals surface area contributed by atoms with E-state index >= 15 is 0 Å². The first kappa shape index (κ1) is 13.5. The van der Waals surface area contributed by atoms with Crippen molar-refractivity contribution >= 4 is 42.9 Å². The van der Waals surface area contributed by atoms with E-state index in [-0.39, 0.29) is 0 Å². The quantitative estimate of drug-likeness (QED) is 0.595. The van der Waals surface area contributed by atoms with Crippen molar-refractivity contribution in [2.24, 2.45) is 0 Å². The van der Waals surface area contributed by atoms with Crippen LogP contribution in [0.5, 0.6) is 11.5 Å². The number of halogens is 2. The summed E-state index contributed by atoms with van der Waals surface area (Å²) in [4.78, 5) is 8.68. The molecule has 1 aromatic carbocycles. The SMILES string of the molecule is Cc1cc(Br)ccc1Oc1ccnc2cc(Br)cnc12. The molecule has 2 aromatic heterocycles. The minimum Gasteiger partial charge on any atom is -0.455 e. The number of aromatic nitrogens is 2. The highest BCUT2D eigenvalue weighted by Gasteiger charge is 2.08. The molecule has 0 amide bonds. The molecule has 5 heteroatoms. The zero-order chi connectivity index (χ0) is 14.1. The first-order valence-corrected chi connectivity index (χ1v) is 7.56. The molecule has 0 saturated carbocycles. The second-order valence-corrected chi connectivity index (χ2v) is 6.17. The van der Waals surface area contributed by atoms with Gasteiger partial charge in [0.1, 0.15) is 11.3 Å². The number of nitrogens with zero attached hydrogens (tertiary/aromatic N) is 2. The molecule has 0 fully saturated rings. The molecule has 3 aromatic rings. The molecule has 0 spiro atoms. The average Bonchev–Trinajstić information content (AvgIpc) is 2.41. The predicted molar refractivity (Wildman–Crippen MR) is 86.2 cm³/mol. The molecular weight excluding hydrogens is 384 g/mol. The number of aryl methyl sites for hydroxylation is 1. The highest BCUT2D eigenvalue weighted by Crippen LogP contribution is 2.31. The molecule has 0 aliphatic rings. The Morgan fingerprint density at radius 2 is 1.80 bits per heavy atom. The summed E-state index contributed by atoms with van der Waals surface area (Å²) in [6.07, 6.45) is 3.46. The molecule has 2 heterocycles. The van der Waals surface area contributed by atoms with Crippen LogP contribution in [0.4, 0.5) is 0 Å². The van der Waals surface area contributed by atoms with E-state index in [0.29, 0.717) is 5.75 Å². The van der Waals surface area contributed by atoms with E-state index in [9.17, 15) is 0 Å². The lowest BCUT2D eigenvalue weighted by Crippen LogP contribution is -1.91. The zero-order valence-corrected chi connectivity index (χ0v) is 13.8. The monoisotopic (exact) mass is 392 g/mol. The Hall–Kier alpha value is -1.46. The smallest absolute Gasteiger partial charge is 0.156 e. The highest BCUT2D eigenvalue weighted by molar-refractivity contribution is 9.10. The zero-order valence-electron chi connectivity index (χ0n) is 10.6. The van der Waals surface area contributed by atoms with Crippen molar-refractivity contribution in [3.05, 3.63) is 57.2 Å². The third kappa shape index (κ3) is 2.69. The van der Waals surface area contributed by atoms with E-state index in [1.807, 2.05) is 37.3 Å².